The van der Waals surface area contributed by atoms with Gasteiger partial charge in [-0.25, -0.2) is 8.78 Å². The van der Waals surface area contributed by atoms with Gasteiger partial charge in [0.2, 0.25) is 5.91 Å². The van der Waals surface area contributed by atoms with Gasteiger partial charge in [0.25, 0.3) is 0 Å². The molecule has 146 valence electrons. The molecule has 0 aliphatic heterocycles. The van der Waals surface area contributed by atoms with E-state index in [0.717, 1.165) is 17.7 Å². The van der Waals surface area contributed by atoms with Crippen LogP contribution in [0.3, 0.4) is 0 Å². The monoisotopic (exact) mass is 376 g/mol. The van der Waals surface area contributed by atoms with Gasteiger partial charge in [0, 0.05) is 36.7 Å². The number of halogens is 2. The van der Waals surface area contributed by atoms with E-state index in [2.05, 4.69) is 5.32 Å². The number of nitrogens with one attached hydrogen (secondary N) is 1. The minimum atomic E-state index is -0.789. The van der Waals surface area contributed by atoms with E-state index >= 15 is 0 Å². The van der Waals surface area contributed by atoms with Crippen molar-refractivity contribution < 1.29 is 18.7 Å². The van der Waals surface area contributed by atoms with Crippen LogP contribution in [-0.4, -0.2) is 42.6 Å². The summed E-state index contributed by atoms with van der Waals surface area (Å²) < 4.78 is 28.0. The molecule has 2 atom stereocenters. The van der Waals surface area contributed by atoms with Crippen LogP contribution in [0.2, 0.25) is 0 Å². The van der Waals surface area contributed by atoms with Crippen molar-refractivity contribution in [1.82, 2.24) is 10.2 Å². The Hall–Kier alpha value is -2.47. The highest BCUT2D eigenvalue weighted by Crippen LogP contribution is 2.22. The number of hydrogen-bond donors (Lipinski definition) is 2. The second-order valence-corrected chi connectivity index (χ2v) is 7.03. The second-order valence-electron chi connectivity index (χ2n) is 7.03. The predicted octanol–water partition coefficient (Wildman–Crippen LogP) is 3.45. The lowest BCUT2D eigenvalue weighted by Gasteiger charge is -2.25. The van der Waals surface area contributed by atoms with E-state index in [1.807, 2.05) is 42.2 Å². The van der Waals surface area contributed by atoms with Gasteiger partial charge in [0.1, 0.15) is 17.4 Å². The highest BCUT2D eigenvalue weighted by atomic mass is 19.1. The fourth-order valence-electron chi connectivity index (χ4n) is 2.94. The number of carbonyl (C=O) groups is 1. The molecular weight excluding hydrogens is 350 g/mol. The highest BCUT2D eigenvalue weighted by molar-refractivity contribution is 5.76. The summed E-state index contributed by atoms with van der Waals surface area (Å²) in [7, 11) is 3.58. The zero-order chi connectivity index (χ0) is 20.0. The Kier molecular flexibility index (Phi) is 7.30. The van der Waals surface area contributed by atoms with Crippen LogP contribution in [0.1, 0.15) is 30.4 Å². The first-order chi connectivity index (χ1) is 12.8. The Morgan fingerprint density at radius 1 is 1.15 bits per heavy atom. The summed E-state index contributed by atoms with van der Waals surface area (Å²) in [6, 6.07) is 11.3. The van der Waals surface area contributed by atoms with E-state index in [-0.39, 0.29) is 36.4 Å². The molecule has 0 saturated carbocycles. The van der Waals surface area contributed by atoms with E-state index in [1.54, 1.807) is 14.1 Å². The molecule has 2 aromatic carbocycles. The van der Waals surface area contributed by atoms with Gasteiger partial charge < -0.3 is 15.3 Å². The lowest BCUT2D eigenvalue weighted by molar-refractivity contribution is -0.121. The van der Waals surface area contributed by atoms with Gasteiger partial charge in [-0.3, -0.25) is 4.79 Å². The van der Waals surface area contributed by atoms with Crippen LogP contribution in [0.15, 0.2) is 42.5 Å². The highest BCUT2D eigenvalue weighted by Gasteiger charge is 2.20. The molecule has 0 saturated heterocycles. The molecule has 2 unspecified atom stereocenters. The molecule has 4 nitrogen and oxygen atoms in total. The number of carbonyl (C=O) groups excluding carboxylic acids is 1. The summed E-state index contributed by atoms with van der Waals surface area (Å²) in [5.41, 5.74) is 0.989. The first-order valence-electron chi connectivity index (χ1n) is 8.93. The molecule has 0 heterocycles. The van der Waals surface area contributed by atoms with Crippen molar-refractivity contribution >= 4 is 5.91 Å². The Balaban J connectivity index is 1.96. The van der Waals surface area contributed by atoms with E-state index in [0.29, 0.717) is 6.42 Å². The third-order valence-corrected chi connectivity index (χ3v) is 4.69. The van der Waals surface area contributed by atoms with E-state index in [4.69, 9.17) is 0 Å². The second kappa shape index (κ2) is 9.46. The van der Waals surface area contributed by atoms with Gasteiger partial charge in [-0.2, -0.15) is 0 Å². The van der Waals surface area contributed by atoms with Gasteiger partial charge in [0.15, 0.2) is 0 Å². The maximum absolute atomic E-state index is 14.0. The standard InChI is InChI=1S/C21H26F2N2O2/c1-14(15-7-5-4-6-8-15)9-21(27)24-13-16(25(2)3)10-18-19(22)11-17(26)12-20(18)23/h4-8,11-12,14,16,26H,9-10,13H2,1-3H3,(H,24,27). The average molecular weight is 376 g/mol. The van der Waals surface area contributed by atoms with Crippen molar-refractivity contribution in [1.29, 1.82) is 0 Å². The molecule has 1 amide bonds. The Labute approximate surface area is 158 Å². The first kappa shape index (κ1) is 20.8. The maximum atomic E-state index is 14.0. The molecule has 2 aromatic rings. The zero-order valence-electron chi connectivity index (χ0n) is 15.9. The number of phenols is 1. The zero-order valence-corrected chi connectivity index (χ0v) is 15.9. The fourth-order valence-corrected chi connectivity index (χ4v) is 2.94. The number of rotatable bonds is 8. The minimum Gasteiger partial charge on any atom is -0.508 e. The van der Waals surface area contributed by atoms with Gasteiger partial charge in [0.05, 0.1) is 0 Å². The SMILES string of the molecule is CC(CC(=O)NCC(Cc1c(F)cc(O)cc1F)N(C)C)c1ccccc1. The smallest absolute Gasteiger partial charge is 0.220 e. The largest absolute Gasteiger partial charge is 0.508 e. The first-order valence-corrected chi connectivity index (χ1v) is 8.93. The molecular formula is C21H26F2N2O2. The van der Waals surface area contributed by atoms with E-state index in [1.165, 1.54) is 0 Å². The number of nitrogens with zero attached hydrogens (tertiary/aromatic N) is 1. The maximum Gasteiger partial charge on any atom is 0.220 e. The van der Waals surface area contributed by atoms with Crippen LogP contribution in [0.5, 0.6) is 5.75 Å². The molecule has 27 heavy (non-hydrogen) atoms. The number of aromatic hydroxyl groups is 1. The molecule has 2 N–H and O–H groups in total. The average Bonchev–Trinajstić information content (AvgIpc) is 2.60. The van der Waals surface area contributed by atoms with Gasteiger partial charge in [-0.05, 0) is 32.0 Å². The Bertz CT molecular complexity index is 743. The summed E-state index contributed by atoms with van der Waals surface area (Å²) in [6.07, 6.45) is 0.422. The van der Waals surface area contributed by atoms with Crippen molar-refractivity contribution in [2.45, 2.75) is 31.7 Å². The predicted molar refractivity (Wildman–Crippen MR) is 102 cm³/mol. The third-order valence-electron chi connectivity index (χ3n) is 4.69. The molecule has 0 radical (unpaired) electrons. The normalized spacial score (nSPS) is 13.4. The van der Waals surface area contributed by atoms with E-state index in [9.17, 15) is 18.7 Å². The van der Waals surface area contributed by atoms with Gasteiger partial charge in [-0.15, -0.1) is 0 Å². The van der Waals surface area contributed by atoms with Crippen molar-refractivity contribution in [3.05, 3.63) is 65.2 Å². The minimum absolute atomic E-state index is 0.0796. The van der Waals surface area contributed by atoms with Crippen molar-refractivity contribution in [2.24, 2.45) is 0 Å². The number of phenolic OH excluding ortho intramolecular Hbond substituents is 1. The van der Waals surface area contributed by atoms with Crippen molar-refractivity contribution in [3.63, 3.8) is 0 Å². The number of amides is 1. The summed E-state index contributed by atoms with van der Waals surface area (Å²) in [6.45, 7) is 2.26. The summed E-state index contributed by atoms with van der Waals surface area (Å²) in [5, 5.41) is 12.1. The molecule has 0 bridgehead atoms. The van der Waals surface area contributed by atoms with Crippen LogP contribution in [0.4, 0.5) is 8.78 Å². The Morgan fingerprint density at radius 3 is 2.30 bits per heavy atom. The molecule has 0 aromatic heterocycles. The van der Waals surface area contributed by atoms with Crippen LogP contribution in [0, 0.1) is 11.6 Å². The van der Waals surface area contributed by atoms with E-state index < -0.39 is 17.4 Å². The quantitative estimate of drug-likeness (QED) is 0.742. The molecule has 0 spiro atoms. The number of hydrogen-bond acceptors (Lipinski definition) is 3. The Morgan fingerprint density at radius 2 is 1.74 bits per heavy atom. The topological polar surface area (TPSA) is 52.6 Å². The van der Waals surface area contributed by atoms with Crippen LogP contribution in [0.25, 0.3) is 0 Å². The number of benzene rings is 2. The summed E-state index contributed by atoms with van der Waals surface area (Å²) >= 11 is 0. The fraction of sp³-hybridized carbons (Fsp3) is 0.381. The van der Waals surface area contributed by atoms with Crippen LogP contribution in [-0.2, 0) is 11.2 Å². The molecule has 2 rings (SSSR count). The summed E-state index contributed by atoms with van der Waals surface area (Å²) in [5.74, 6) is -2.05. The van der Waals surface area contributed by atoms with Gasteiger partial charge in [-0.1, -0.05) is 37.3 Å². The molecule has 0 aliphatic carbocycles. The molecule has 0 aliphatic rings. The van der Waals surface area contributed by atoms with Crippen LogP contribution < -0.4 is 5.32 Å². The van der Waals surface area contributed by atoms with Crippen LogP contribution >= 0.6 is 0 Å². The number of likely N-dealkylation sites (N-methyl/N-ethyl adjacent to an activating group) is 1. The van der Waals surface area contributed by atoms with Crippen molar-refractivity contribution in [3.8, 4) is 5.75 Å². The lowest BCUT2D eigenvalue weighted by Crippen LogP contribution is -2.42. The molecule has 6 heteroatoms. The summed E-state index contributed by atoms with van der Waals surface area (Å²) in [4.78, 5) is 14.1. The van der Waals surface area contributed by atoms with Gasteiger partial charge >= 0.3 is 0 Å². The molecule has 0 fully saturated rings. The lowest BCUT2D eigenvalue weighted by atomic mass is 9.97. The third kappa shape index (κ3) is 6.03. The van der Waals surface area contributed by atoms with Crippen molar-refractivity contribution in [2.75, 3.05) is 20.6 Å².